The predicted molar refractivity (Wildman–Crippen MR) is 76.7 cm³/mol. The molecule has 0 saturated heterocycles. The topological polar surface area (TPSA) is 29.9 Å². The summed E-state index contributed by atoms with van der Waals surface area (Å²) < 4.78 is 15.4. The fourth-order valence-corrected chi connectivity index (χ4v) is 1.95. The first-order valence-electron chi connectivity index (χ1n) is 6.37. The van der Waals surface area contributed by atoms with E-state index in [4.69, 9.17) is 11.6 Å². The zero-order valence-electron chi connectivity index (χ0n) is 11.1. The van der Waals surface area contributed by atoms with Gasteiger partial charge in [-0.25, -0.2) is 9.37 Å². The minimum absolute atomic E-state index is 0.126. The van der Waals surface area contributed by atoms with Gasteiger partial charge in [-0.05, 0) is 31.5 Å². The molecule has 1 aromatic heterocycles. The second kappa shape index (κ2) is 6.06. The number of imidazole rings is 1. The van der Waals surface area contributed by atoms with Gasteiger partial charge >= 0.3 is 0 Å². The molecule has 0 fully saturated rings. The summed E-state index contributed by atoms with van der Waals surface area (Å²) in [5.74, 6) is 0.303. The van der Waals surface area contributed by atoms with E-state index in [0.717, 1.165) is 31.0 Å². The van der Waals surface area contributed by atoms with Gasteiger partial charge in [-0.3, -0.25) is 4.57 Å². The fourth-order valence-electron chi connectivity index (χ4n) is 1.83. The van der Waals surface area contributed by atoms with Crippen molar-refractivity contribution in [2.24, 2.45) is 0 Å². The summed E-state index contributed by atoms with van der Waals surface area (Å²) in [5, 5.41) is 3.39. The van der Waals surface area contributed by atoms with Crippen LogP contribution < -0.4 is 5.32 Å². The lowest BCUT2D eigenvalue weighted by atomic mass is 10.3. The Morgan fingerprint density at radius 1 is 1.42 bits per heavy atom. The van der Waals surface area contributed by atoms with Gasteiger partial charge in [0.25, 0.3) is 0 Å². The molecular formula is C14H17ClFN3. The van der Waals surface area contributed by atoms with Crippen molar-refractivity contribution in [3.05, 3.63) is 40.9 Å². The van der Waals surface area contributed by atoms with Crippen molar-refractivity contribution in [1.82, 2.24) is 9.55 Å². The summed E-state index contributed by atoms with van der Waals surface area (Å²) in [5.41, 5.74) is 1.59. The molecule has 0 spiro atoms. The van der Waals surface area contributed by atoms with Gasteiger partial charge in [0.2, 0.25) is 5.95 Å². The molecule has 2 rings (SSSR count). The minimum atomic E-state index is -0.426. The number of rotatable bonds is 5. The van der Waals surface area contributed by atoms with Crippen molar-refractivity contribution in [3.63, 3.8) is 0 Å². The van der Waals surface area contributed by atoms with E-state index in [1.807, 2.05) is 17.7 Å². The second-order valence-corrected chi connectivity index (χ2v) is 4.86. The van der Waals surface area contributed by atoms with Crippen molar-refractivity contribution in [3.8, 4) is 5.69 Å². The standard InChI is InChI=1S/C14H17ClFN3/c1-3-4-7-17-14-18-10(2)9-19(14)11-5-6-12(15)13(16)8-11/h5-6,8-9H,3-4,7H2,1-2H3,(H,17,18). The number of anilines is 1. The molecule has 0 aliphatic carbocycles. The van der Waals surface area contributed by atoms with Crippen LogP contribution in [0.15, 0.2) is 24.4 Å². The molecule has 102 valence electrons. The van der Waals surface area contributed by atoms with Crippen molar-refractivity contribution < 1.29 is 4.39 Å². The molecule has 1 heterocycles. The van der Waals surface area contributed by atoms with E-state index in [9.17, 15) is 4.39 Å². The van der Waals surface area contributed by atoms with Crippen molar-refractivity contribution in [2.45, 2.75) is 26.7 Å². The molecule has 0 atom stereocenters. The lowest BCUT2D eigenvalue weighted by molar-refractivity contribution is 0.627. The predicted octanol–water partition coefficient (Wildman–Crippen LogP) is 4.19. The highest BCUT2D eigenvalue weighted by Gasteiger charge is 2.09. The molecule has 0 bridgehead atoms. The van der Waals surface area contributed by atoms with Gasteiger partial charge in [0.1, 0.15) is 5.82 Å². The van der Waals surface area contributed by atoms with E-state index < -0.39 is 5.82 Å². The molecule has 0 amide bonds. The zero-order valence-corrected chi connectivity index (χ0v) is 11.8. The fraction of sp³-hybridized carbons (Fsp3) is 0.357. The molecule has 0 aliphatic rings. The van der Waals surface area contributed by atoms with Crippen LogP contribution in [-0.4, -0.2) is 16.1 Å². The van der Waals surface area contributed by atoms with Crippen LogP contribution in [0.25, 0.3) is 5.69 Å². The highest BCUT2D eigenvalue weighted by Crippen LogP contribution is 2.21. The molecular weight excluding hydrogens is 265 g/mol. The first kappa shape index (κ1) is 13.9. The summed E-state index contributed by atoms with van der Waals surface area (Å²) in [6.45, 7) is 4.89. The summed E-state index contributed by atoms with van der Waals surface area (Å²) >= 11 is 5.70. The van der Waals surface area contributed by atoms with Crippen LogP contribution in [0.4, 0.5) is 10.3 Å². The second-order valence-electron chi connectivity index (χ2n) is 4.45. The van der Waals surface area contributed by atoms with Crippen molar-refractivity contribution in [2.75, 3.05) is 11.9 Å². The van der Waals surface area contributed by atoms with Gasteiger partial charge in [0.15, 0.2) is 0 Å². The summed E-state index contributed by atoms with van der Waals surface area (Å²) in [4.78, 5) is 4.41. The van der Waals surface area contributed by atoms with Crippen LogP contribution in [0, 0.1) is 12.7 Å². The SMILES string of the molecule is CCCCNc1nc(C)cn1-c1ccc(Cl)c(F)c1. The maximum absolute atomic E-state index is 13.5. The zero-order chi connectivity index (χ0) is 13.8. The van der Waals surface area contributed by atoms with E-state index in [1.165, 1.54) is 6.07 Å². The van der Waals surface area contributed by atoms with Gasteiger partial charge < -0.3 is 5.32 Å². The molecule has 3 nitrogen and oxygen atoms in total. The average Bonchev–Trinajstić information content (AvgIpc) is 2.74. The number of hydrogen-bond donors (Lipinski definition) is 1. The van der Waals surface area contributed by atoms with Crippen LogP contribution in [0.2, 0.25) is 5.02 Å². The molecule has 19 heavy (non-hydrogen) atoms. The molecule has 5 heteroatoms. The maximum Gasteiger partial charge on any atom is 0.207 e. The maximum atomic E-state index is 13.5. The number of hydrogen-bond acceptors (Lipinski definition) is 2. The van der Waals surface area contributed by atoms with E-state index in [0.29, 0.717) is 5.69 Å². The Bertz CT molecular complexity index is 566. The minimum Gasteiger partial charge on any atom is -0.355 e. The third-order valence-electron chi connectivity index (χ3n) is 2.82. The van der Waals surface area contributed by atoms with Gasteiger partial charge in [-0.2, -0.15) is 0 Å². The quantitative estimate of drug-likeness (QED) is 0.833. The Kier molecular flexibility index (Phi) is 4.43. The third-order valence-corrected chi connectivity index (χ3v) is 3.13. The first-order chi connectivity index (χ1) is 9.11. The molecule has 0 radical (unpaired) electrons. The van der Waals surface area contributed by atoms with Crippen molar-refractivity contribution in [1.29, 1.82) is 0 Å². The van der Waals surface area contributed by atoms with Gasteiger partial charge in [-0.15, -0.1) is 0 Å². The normalized spacial score (nSPS) is 10.7. The first-order valence-corrected chi connectivity index (χ1v) is 6.75. The van der Waals surface area contributed by atoms with E-state index in [2.05, 4.69) is 17.2 Å². The Hall–Kier alpha value is -1.55. The summed E-state index contributed by atoms with van der Waals surface area (Å²) in [6, 6.07) is 4.74. The molecule has 2 aromatic rings. The smallest absolute Gasteiger partial charge is 0.207 e. The number of aromatic nitrogens is 2. The van der Waals surface area contributed by atoms with Gasteiger partial charge in [-0.1, -0.05) is 24.9 Å². The Morgan fingerprint density at radius 2 is 2.21 bits per heavy atom. The van der Waals surface area contributed by atoms with Crippen LogP contribution in [0.3, 0.4) is 0 Å². The largest absolute Gasteiger partial charge is 0.355 e. The monoisotopic (exact) mass is 281 g/mol. The average molecular weight is 282 g/mol. The number of nitrogens with one attached hydrogen (secondary N) is 1. The molecule has 0 saturated carbocycles. The van der Waals surface area contributed by atoms with E-state index in [1.54, 1.807) is 12.1 Å². The number of nitrogens with zero attached hydrogens (tertiary/aromatic N) is 2. The van der Waals surface area contributed by atoms with Crippen LogP contribution in [0.5, 0.6) is 0 Å². The van der Waals surface area contributed by atoms with E-state index >= 15 is 0 Å². The van der Waals surface area contributed by atoms with Gasteiger partial charge in [0.05, 0.1) is 16.4 Å². The van der Waals surface area contributed by atoms with Crippen LogP contribution >= 0.6 is 11.6 Å². The molecule has 0 unspecified atom stereocenters. The summed E-state index contributed by atoms with van der Waals surface area (Å²) in [6.07, 6.45) is 4.06. The molecule has 1 aromatic carbocycles. The van der Waals surface area contributed by atoms with E-state index in [-0.39, 0.29) is 5.02 Å². The van der Waals surface area contributed by atoms with Crippen molar-refractivity contribution >= 4 is 17.5 Å². The molecule has 1 N–H and O–H groups in total. The molecule has 0 aliphatic heterocycles. The van der Waals surface area contributed by atoms with Gasteiger partial charge in [0, 0.05) is 12.7 Å². The Labute approximate surface area is 117 Å². The highest BCUT2D eigenvalue weighted by molar-refractivity contribution is 6.30. The Morgan fingerprint density at radius 3 is 2.89 bits per heavy atom. The van der Waals surface area contributed by atoms with Crippen LogP contribution in [-0.2, 0) is 0 Å². The number of benzene rings is 1. The number of halogens is 2. The number of aryl methyl sites for hydroxylation is 1. The lowest BCUT2D eigenvalue weighted by Gasteiger charge is -2.09. The van der Waals surface area contributed by atoms with Crippen LogP contribution in [0.1, 0.15) is 25.5 Å². The highest BCUT2D eigenvalue weighted by atomic mass is 35.5. The number of unbranched alkanes of at least 4 members (excludes halogenated alkanes) is 1. The summed E-state index contributed by atoms with van der Waals surface area (Å²) in [7, 11) is 0. The lowest BCUT2D eigenvalue weighted by Crippen LogP contribution is -2.07. The Balaban J connectivity index is 2.29. The third kappa shape index (κ3) is 3.26.